The van der Waals surface area contributed by atoms with E-state index in [0.29, 0.717) is 17.6 Å². The van der Waals surface area contributed by atoms with E-state index in [-0.39, 0.29) is 11.2 Å². The number of hydrogen-bond acceptors (Lipinski definition) is 2. The highest BCUT2D eigenvalue weighted by Crippen LogP contribution is 2.03. The molecule has 0 spiro atoms. The van der Waals surface area contributed by atoms with Gasteiger partial charge in [0, 0.05) is 19.3 Å². The van der Waals surface area contributed by atoms with Crippen LogP contribution in [0.5, 0.6) is 0 Å². The maximum atomic E-state index is 12.2. The third kappa shape index (κ3) is 4.64. The quantitative estimate of drug-likeness (QED) is 0.687. The molecule has 0 atom stereocenters. The summed E-state index contributed by atoms with van der Waals surface area (Å²) in [5.41, 5.74) is -0.395. The molecule has 4 nitrogen and oxygen atoms in total. The van der Waals surface area contributed by atoms with Crippen LogP contribution in [0.2, 0.25) is 0 Å². The van der Waals surface area contributed by atoms with Crippen LogP contribution in [0, 0.1) is 0 Å². The largest absolute Gasteiger partial charge is 0.331 e. The molecule has 0 amide bonds. The van der Waals surface area contributed by atoms with Crippen molar-refractivity contribution in [1.82, 2.24) is 9.13 Å². The molecule has 0 saturated carbocycles. The smallest absolute Gasteiger partial charge is 0.299 e. The van der Waals surface area contributed by atoms with Gasteiger partial charge in [0.25, 0.3) is 5.56 Å². The van der Waals surface area contributed by atoms with Gasteiger partial charge in [0.05, 0.1) is 4.47 Å². The van der Waals surface area contributed by atoms with Crippen LogP contribution in [0.1, 0.15) is 52.4 Å². The van der Waals surface area contributed by atoms with Gasteiger partial charge in [0.15, 0.2) is 0 Å². The summed E-state index contributed by atoms with van der Waals surface area (Å²) in [4.78, 5) is 24.2. The third-order valence-electron chi connectivity index (χ3n) is 3.18. The lowest BCUT2D eigenvalue weighted by atomic mass is 10.2. The third-order valence-corrected chi connectivity index (χ3v) is 3.73. The number of halogens is 1. The number of aryl methyl sites for hydroxylation is 1. The predicted molar refractivity (Wildman–Crippen MR) is 81.7 cm³/mol. The molecule has 0 N–H and O–H groups in total. The maximum Gasteiger partial charge on any atom is 0.331 e. The van der Waals surface area contributed by atoms with E-state index in [9.17, 15) is 9.59 Å². The fourth-order valence-electron chi connectivity index (χ4n) is 2.03. The van der Waals surface area contributed by atoms with E-state index in [1.165, 1.54) is 4.57 Å². The minimum Gasteiger partial charge on any atom is -0.299 e. The van der Waals surface area contributed by atoms with E-state index in [0.717, 1.165) is 38.5 Å². The summed E-state index contributed by atoms with van der Waals surface area (Å²) in [6, 6.07) is 0. The van der Waals surface area contributed by atoms with Crippen molar-refractivity contribution in [3.05, 3.63) is 31.5 Å². The molecule has 0 bridgehead atoms. The average Bonchev–Trinajstić information content (AvgIpc) is 2.40. The topological polar surface area (TPSA) is 44.0 Å². The number of hydrogen-bond donors (Lipinski definition) is 0. The van der Waals surface area contributed by atoms with Crippen molar-refractivity contribution in [2.45, 2.75) is 65.5 Å². The van der Waals surface area contributed by atoms with Gasteiger partial charge in [-0.1, -0.05) is 39.5 Å². The second kappa shape index (κ2) is 8.35. The second-order valence-corrected chi connectivity index (χ2v) is 5.68. The Labute approximate surface area is 122 Å². The first-order chi connectivity index (χ1) is 9.11. The van der Waals surface area contributed by atoms with E-state index in [4.69, 9.17) is 0 Å². The summed E-state index contributed by atoms with van der Waals surface area (Å²) in [5, 5.41) is 0. The van der Waals surface area contributed by atoms with E-state index >= 15 is 0 Å². The van der Waals surface area contributed by atoms with E-state index < -0.39 is 0 Å². The molecule has 108 valence electrons. The Bertz CT molecular complexity index is 505. The molecule has 1 aromatic rings. The van der Waals surface area contributed by atoms with Crippen molar-refractivity contribution in [3.8, 4) is 0 Å². The standard InChI is InChI=1S/C14H23BrN2O2/c1-3-5-7-9-16-11-12(15)13(18)17(14(16)19)10-8-6-4-2/h11H,3-10H2,1-2H3. The van der Waals surface area contributed by atoms with Crippen LogP contribution in [-0.2, 0) is 13.1 Å². The first kappa shape index (κ1) is 16.2. The zero-order valence-electron chi connectivity index (χ0n) is 11.8. The Balaban J connectivity index is 2.94. The van der Waals surface area contributed by atoms with Crippen LogP contribution in [0.4, 0.5) is 0 Å². The summed E-state index contributed by atoms with van der Waals surface area (Å²) in [6.07, 6.45) is 7.79. The molecule has 1 heterocycles. The van der Waals surface area contributed by atoms with Crippen molar-refractivity contribution < 1.29 is 0 Å². The molecule has 0 aliphatic rings. The molecule has 19 heavy (non-hydrogen) atoms. The lowest BCUT2D eigenvalue weighted by Gasteiger charge is -2.10. The summed E-state index contributed by atoms with van der Waals surface area (Å²) in [7, 11) is 0. The molecule has 5 heteroatoms. The lowest BCUT2D eigenvalue weighted by molar-refractivity contribution is 0.501. The fraction of sp³-hybridized carbons (Fsp3) is 0.714. The highest BCUT2D eigenvalue weighted by atomic mass is 79.9. The Morgan fingerprint density at radius 2 is 1.58 bits per heavy atom. The van der Waals surface area contributed by atoms with Crippen molar-refractivity contribution in [2.75, 3.05) is 0 Å². The molecule has 1 rings (SSSR count). The zero-order chi connectivity index (χ0) is 14.3. The molecule has 0 unspecified atom stereocenters. The van der Waals surface area contributed by atoms with Crippen LogP contribution in [0.25, 0.3) is 0 Å². The van der Waals surface area contributed by atoms with E-state index in [1.807, 2.05) is 0 Å². The first-order valence-corrected chi connectivity index (χ1v) is 7.90. The minimum atomic E-state index is -0.215. The van der Waals surface area contributed by atoms with Gasteiger partial charge in [0.1, 0.15) is 0 Å². The normalized spacial score (nSPS) is 10.9. The van der Waals surface area contributed by atoms with E-state index in [2.05, 4.69) is 29.8 Å². The number of aromatic nitrogens is 2. The molecule has 1 aromatic heterocycles. The van der Waals surface area contributed by atoms with Crippen LogP contribution in [-0.4, -0.2) is 9.13 Å². The molecule has 0 fully saturated rings. The Morgan fingerprint density at radius 1 is 1.00 bits per heavy atom. The molecule has 0 radical (unpaired) electrons. The van der Waals surface area contributed by atoms with Gasteiger partial charge in [0.2, 0.25) is 0 Å². The van der Waals surface area contributed by atoms with Gasteiger partial charge in [-0.15, -0.1) is 0 Å². The molecule has 0 aromatic carbocycles. The van der Waals surface area contributed by atoms with Gasteiger partial charge in [-0.05, 0) is 28.8 Å². The Morgan fingerprint density at radius 3 is 2.16 bits per heavy atom. The summed E-state index contributed by atoms with van der Waals surface area (Å²) >= 11 is 3.26. The van der Waals surface area contributed by atoms with E-state index in [1.54, 1.807) is 10.8 Å². The van der Waals surface area contributed by atoms with Gasteiger partial charge in [-0.2, -0.15) is 0 Å². The highest BCUT2D eigenvalue weighted by molar-refractivity contribution is 9.10. The second-order valence-electron chi connectivity index (χ2n) is 4.82. The van der Waals surface area contributed by atoms with Crippen molar-refractivity contribution in [3.63, 3.8) is 0 Å². The van der Waals surface area contributed by atoms with Gasteiger partial charge in [-0.25, -0.2) is 4.79 Å². The SMILES string of the molecule is CCCCCn1cc(Br)c(=O)n(CCCCC)c1=O. The molecule has 0 saturated heterocycles. The van der Waals surface area contributed by atoms with Gasteiger partial charge in [-0.3, -0.25) is 13.9 Å². The van der Waals surface area contributed by atoms with Crippen molar-refractivity contribution >= 4 is 15.9 Å². The minimum absolute atomic E-state index is 0.180. The Hall–Kier alpha value is -0.840. The number of nitrogens with zero attached hydrogens (tertiary/aromatic N) is 2. The van der Waals surface area contributed by atoms with Crippen molar-refractivity contribution in [2.24, 2.45) is 0 Å². The summed E-state index contributed by atoms with van der Waals surface area (Å²) in [5.74, 6) is 0. The summed E-state index contributed by atoms with van der Waals surface area (Å²) in [6.45, 7) is 5.43. The molecule has 0 aliphatic heterocycles. The molecular formula is C14H23BrN2O2. The van der Waals surface area contributed by atoms with Gasteiger partial charge < -0.3 is 0 Å². The first-order valence-electron chi connectivity index (χ1n) is 7.11. The maximum absolute atomic E-state index is 12.2. The lowest BCUT2D eigenvalue weighted by Crippen LogP contribution is -2.40. The highest BCUT2D eigenvalue weighted by Gasteiger charge is 2.09. The molecule has 0 aliphatic carbocycles. The average molecular weight is 331 g/mol. The van der Waals surface area contributed by atoms with Crippen LogP contribution < -0.4 is 11.2 Å². The van der Waals surface area contributed by atoms with Crippen LogP contribution in [0.3, 0.4) is 0 Å². The van der Waals surface area contributed by atoms with Crippen LogP contribution >= 0.6 is 15.9 Å². The zero-order valence-corrected chi connectivity index (χ0v) is 13.4. The predicted octanol–water partition coefficient (Wildman–Crippen LogP) is 3.15. The van der Waals surface area contributed by atoms with Gasteiger partial charge >= 0.3 is 5.69 Å². The number of unbranched alkanes of at least 4 members (excludes halogenated alkanes) is 4. The number of rotatable bonds is 8. The fourth-order valence-corrected chi connectivity index (χ4v) is 2.49. The monoisotopic (exact) mass is 330 g/mol. The Kier molecular flexibility index (Phi) is 7.13. The summed E-state index contributed by atoms with van der Waals surface area (Å²) < 4.78 is 3.47. The van der Waals surface area contributed by atoms with Crippen molar-refractivity contribution in [1.29, 1.82) is 0 Å². The molecular weight excluding hydrogens is 308 g/mol. The van der Waals surface area contributed by atoms with Crippen LogP contribution in [0.15, 0.2) is 20.3 Å².